The van der Waals surface area contributed by atoms with E-state index in [9.17, 15) is 0 Å². The Hall–Kier alpha value is -0.610. The number of ether oxygens (including phenoxy) is 1. The van der Waals surface area contributed by atoms with Crippen LogP contribution in [0.15, 0.2) is 0 Å². The minimum Gasteiger partial charge on any atom is -0.483 e. The largest absolute Gasteiger partial charge is 0.483 e. The minimum atomic E-state index is -0.250. The van der Waals surface area contributed by atoms with Crippen LogP contribution in [0.3, 0.4) is 0 Å². The van der Waals surface area contributed by atoms with E-state index in [0.717, 1.165) is 48.0 Å². The Morgan fingerprint density at radius 1 is 0.811 bits per heavy atom. The molecular formula is C33H61NO3. The van der Waals surface area contributed by atoms with E-state index in [4.69, 9.17) is 14.6 Å². The summed E-state index contributed by atoms with van der Waals surface area (Å²) < 4.78 is 7.05. The second-order valence-corrected chi connectivity index (χ2v) is 13.8. The van der Waals surface area contributed by atoms with Gasteiger partial charge in [0.1, 0.15) is 5.72 Å². The van der Waals surface area contributed by atoms with Gasteiger partial charge in [0.2, 0.25) is 0 Å². The third-order valence-corrected chi connectivity index (χ3v) is 12.4. The number of rotatable bonds is 0. The first-order chi connectivity index (χ1) is 17.7. The van der Waals surface area contributed by atoms with Gasteiger partial charge in [-0.3, -0.25) is 10.1 Å². The molecular weight excluding hydrogens is 458 g/mol. The molecule has 0 aromatic carbocycles. The minimum absolute atomic E-state index is 0.00415. The van der Waals surface area contributed by atoms with Gasteiger partial charge in [0.25, 0.3) is 6.47 Å². The number of fused-ring (bicyclic) bond motifs is 7. The molecule has 0 bridgehead atoms. The topological polar surface area (TPSA) is 58.6 Å². The van der Waals surface area contributed by atoms with E-state index in [1.165, 1.54) is 64.2 Å². The van der Waals surface area contributed by atoms with E-state index >= 15 is 0 Å². The van der Waals surface area contributed by atoms with Gasteiger partial charge in [-0.1, -0.05) is 68.7 Å². The summed E-state index contributed by atoms with van der Waals surface area (Å²) in [7, 11) is 0. The lowest BCUT2D eigenvalue weighted by Gasteiger charge is -2.61. The SMILES string of the molecule is CC.CC.CC1CC[C@@]2(C)C(CC[C@@H]3C2CC[C@@]2(C)C3C[C@@H]3O[C@@]4(CC[C@H](C)CN4)[C@@H](C)C32)C1.O=CO. The Balaban J connectivity index is 0.000000499. The molecule has 0 amide bonds. The standard InChI is InChI=1S/C28H47NO.2C2H6.CH2O2/c1-17-8-11-26(4)20(14-17)6-7-21-22(26)10-12-27(5)23(21)15-24-25(27)19(3)28(30-24)13-9-18(2)16-29-28;2*1-2;2-1-3/h17-25,29H,6-16H2,1-5H3;2*1-2H3;1H,(H,2,3)/t17?,18-,19-,20?,21+,22?,23?,24-,25?,26-,27-,28-;;;/m0.../s1. The highest BCUT2D eigenvalue weighted by molar-refractivity contribution is 5.32. The van der Waals surface area contributed by atoms with Crippen LogP contribution in [-0.2, 0) is 9.53 Å². The van der Waals surface area contributed by atoms with Crippen molar-refractivity contribution in [2.75, 3.05) is 6.54 Å². The van der Waals surface area contributed by atoms with Crippen LogP contribution in [0.25, 0.3) is 0 Å². The molecule has 2 saturated heterocycles. The van der Waals surface area contributed by atoms with E-state index in [1.807, 2.05) is 27.7 Å². The van der Waals surface area contributed by atoms with E-state index in [2.05, 4.69) is 39.9 Å². The van der Waals surface area contributed by atoms with Gasteiger partial charge < -0.3 is 9.84 Å². The van der Waals surface area contributed by atoms with Crippen molar-refractivity contribution in [1.82, 2.24) is 5.32 Å². The fraction of sp³-hybridized carbons (Fsp3) is 0.970. The zero-order valence-electron chi connectivity index (χ0n) is 25.8. The molecule has 4 aliphatic carbocycles. The highest BCUT2D eigenvalue weighted by Gasteiger charge is 2.68. The second kappa shape index (κ2) is 12.3. The maximum absolute atomic E-state index is 8.36. The summed E-state index contributed by atoms with van der Waals surface area (Å²) in [5, 5.41) is 10.8. The van der Waals surface area contributed by atoms with Crippen molar-refractivity contribution in [1.29, 1.82) is 0 Å². The molecule has 1 spiro atoms. The summed E-state index contributed by atoms with van der Waals surface area (Å²) in [5.74, 6) is 7.14. The highest BCUT2D eigenvalue weighted by Crippen LogP contribution is 2.71. The summed E-state index contributed by atoms with van der Waals surface area (Å²) in [5.41, 5.74) is 1.16. The molecule has 4 nitrogen and oxygen atoms in total. The first-order valence-electron chi connectivity index (χ1n) is 16.2. The molecule has 2 aliphatic heterocycles. The molecule has 37 heavy (non-hydrogen) atoms. The van der Waals surface area contributed by atoms with Crippen LogP contribution in [0.1, 0.15) is 127 Å². The van der Waals surface area contributed by atoms with Gasteiger partial charge in [0.15, 0.2) is 0 Å². The first kappa shape index (κ1) is 30.9. The zero-order chi connectivity index (χ0) is 27.6. The van der Waals surface area contributed by atoms with E-state index in [1.54, 1.807) is 0 Å². The number of carbonyl (C=O) groups is 1. The van der Waals surface area contributed by atoms with Crippen LogP contribution in [0, 0.1) is 58.2 Å². The van der Waals surface area contributed by atoms with Crippen molar-refractivity contribution >= 4 is 6.47 Å². The molecule has 6 rings (SSSR count). The average molecular weight is 520 g/mol. The fourth-order valence-corrected chi connectivity index (χ4v) is 10.7. The summed E-state index contributed by atoms with van der Waals surface area (Å²) in [6.07, 6.45) is 15.0. The van der Waals surface area contributed by atoms with Gasteiger partial charge in [-0.15, -0.1) is 0 Å². The Morgan fingerprint density at radius 3 is 2.05 bits per heavy atom. The first-order valence-corrected chi connectivity index (χ1v) is 16.2. The smallest absolute Gasteiger partial charge is 0.290 e. The van der Waals surface area contributed by atoms with Crippen molar-refractivity contribution < 1.29 is 14.6 Å². The van der Waals surface area contributed by atoms with Gasteiger partial charge >= 0.3 is 0 Å². The molecule has 4 saturated carbocycles. The van der Waals surface area contributed by atoms with Crippen molar-refractivity contribution in [3.05, 3.63) is 0 Å². The highest BCUT2D eigenvalue weighted by atomic mass is 16.5. The maximum Gasteiger partial charge on any atom is 0.290 e. The Labute approximate surface area is 229 Å². The van der Waals surface area contributed by atoms with Crippen LogP contribution in [0.2, 0.25) is 0 Å². The molecule has 0 aromatic rings. The number of hydrogen-bond acceptors (Lipinski definition) is 3. The van der Waals surface area contributed by atoms with Crippen LogP contribution in [0.4, 0.5) is 0 Å². The van der Waals surface area contributed by atoms with Gasteiger partial charge in [0, 0.05) is 12.5 Å². The molecule has 5 unspecified atom stereocenters. The van der Waals surface area contributed by atoms with E-state index < -0.39 is 0 Å². The molecule has 2 N–H and O–H groups in total. The predicted octanol–water partition coefficient (Wildman–Crippen LogP) is 8.40. The maximum atomic E-state index is 8.36. The molecule has 12 atom stereocenters. The normalized spacial score (nSPS) is 51.3. The van der Waals surface area contributed by atoms with Crippen LogP contribution in [-0.4, -0.2) is 30.0 Å². The van der Waals surface area contributed by atoms with Gasteiger partial charge in [-0.25, -0.2) is 0 Å². The number of nitrogens with one attached hydrogen (secondary N) is 1. The quantitative estimate of drug-likeness (QED) is 0.315. The lowest BCUT2D eigenvalue weighted by Crippen LogP contribution is -2.57. The van der Waals surface area contributed by atoms with E-state index in [0.29, 0.717) is 22.9 Å². The molecule has 0 radical (unpaired) electrons. The molecule has 4 heteroatoms. The van der Waals surface area contributed by atoms with Crippen LogP contribution in [0.5, 0.6) is 0 Å². The fourth-order valence-electron chi connectivity index (χ4n) is 10.7. The number of piperidine rings is 1. The molecule has 0 aromatic heterocycles. The number of hydrogen-bond donors (Lipinski definition) is 2. The molecule has 6 aliphatic rings. The second-order valence-electron chi connectivity index (χ2n) is 13.8. The summed E-state index contributed by atoms with van der Waals surface area (Å²) >= 11 is 0. The summed E-state index contributed by atoms with van der Waals surface area (Å²) in [6.45, 7) is 21.8. The predicted molar refractivity (Wildman–Crippen MR) is 154 cm³/mol. The third-order valence-electron chi connectivity index (χ3n) is 12.4. The summed E-state index contributed by atoms with van der Waals surface area (Å²) in [4.78, 5) is 8.36. The van der Waals surface area contributed by atoms with Crippen molar-refractivity contribution in [3.8, 4) is 0 Å². The third kappa shape index (κ3) is 5.17. The lowest BCUT2D eigenvalue weighted by molar-refractivity contribution is -0.135. The zero-order valence-corrected chi connectivity index (χ0v) is 25.8. The van der Waals surface area contributed by atoms with Crippen LogP contribution >= 0.6 is 0 Å². The monoisotopic (exact) mass is 519 g/mol. The lowest BCUT2D eigenvalue weighted by atomic mass is 9.44. The molecule has 2 heterocycles. The molecule has 6 fully saturated rings. The summed E-state index contributed by atoms with van der Waals surface area (Å²) in [6, 6.07) is 0. The molecule has 216 valence electrons. The Morgan fingerprint density at radius 2 is 1.43 bits per heavy atom. The van der Waals surface area contributed by atoms with Gasteiger partial charge in [-0.2, -0.15) is 0 Å². The van der Waals surface area contributed by atoms with Crippen molar-refractivity contribution in [2.45, 2.75) is 138 Å². The number of carboxylic acid groups (broad SMARTS) is 1. The average Bonchev–Trinajstić information content (AvgIpc) is 3.34. The van der Waals surface area contributed by atoms with Crippen molar-refractivity contribution in [2.24, 2.45) is 58.2 Å². The Bertz CT molecular complexity index is 733. The van der Waals surface area contributed by atoms with Gasteiger partial charge in [-0.05, 0) is 110 Å². The van der Waals surface area contributed by atoms with Gasteiger partial charge in [0.05, 0.1) is 6.10 Å². The Kier molecular flexibility index (Phi) is 10.3. The van der Waals surface area contributed by atoms with E-state index in [-0.39, 0.29) is 12.2 Å². The van der Waals surface area contributed by atoms with Crippen LogP contribution < -0.4 is 5.32 Å². The van der Waals surface area contributed by atoms with Crippen molar-refractivity contribution in [3.63, 3.8) is 0 Å².